The van der Waals surface area contributed by atoms with Gasteiger partial charge in [-0.25, -0.2) is 9.37 Å². The third-order valence-corrected chi connectivity index (χ3v) is 2.90. The van der Waals surface area contributed by atoms with Gasteiger partial charge in [0.1, 0.15) is 5.82 Å². The van der Waals surface area contributed by atoms with E-state index in [1.807, 2.05) is 13.0 Å². The molecule has 0 radical (unpaired) electrons. The van der Waals surface area contributed by atoms with Crippen LogP contribution in [0.1, 0.15) is 11.1 Å². The minimum atomic E-state index is -0.354. The molecule has 1 aromatic carbocycles. The van der Waals surface area contributed by atoms with Crippen LogP contribution in [-0.4, -0.2) is 4.98 Å². The number of nitrogens with zero attached hydrogens (tertiary/aromatic N) is 1. The maximum atomic E-state index is 13.1. The fourth-order valence-electron chi connectivity index (χ4n) is 1.59. The number of aromatic nitrogens is 1. The van der Waals surface area contributed by atoms with E-state index in [0.717, 1.165) is 16.8 Å². The minimum absolute atomic E-state index is 0.354. The molecule has 1 N–H and O–H groups in total. The lowest BCUT2D eigenvalue weighted by atomic mass is 10.2. The van der Waals surface area contributed by atoms with E-state index in [4.69, 9.17) is 23.2 Å². The molecule has 0 amide bonds. The third-order valence-electron chi connectivity index (χ3n) is 2.38. The zero-order valence-electron chi connectivity index (χ0n) is 9.67. The normalized spacial score (nSPS) is 10.4. The van der Waals surface area contributed by atoms with Gasteiger partial charge in [0.2, 0.25) is 0 Å². The summed E-state index contributed by atoms with van der Waals surface area (Å²) in [6.45, 7) is 2.36. The number of rotatable bonds is 3. The molecule has 0 atom stereocenters. The van der Waals surface area contributed by atoms with Crippen LogP contribution in [0.4, 0.5) is 10.1 Å². The Balaban J connectivity index is 2.13. The number of aryl methyl sites for hydroxylation is 1. The van der Waals surface area contributed by atoms with Crippen molar-refractivity contribution in [2.24, 2.45) is 0 Å². The summed E-state index contributed by atoms with van der Waals surface area (Å²) in [6, 6.07) is 6.28. The van der Waals surface area contributed by atoms with Crippen molar-refractivity contribution in [2.75, 3.05) is 5.32 Å². The van der Waals surface area contributed by atoms with Crippen molar-refractivity contribution in [3.8, 4) is 0 Å². The fourth-order valence-corrected chi connectivity index (χ4v) is 2.00. The Morgan fingerprint density at radius 2 is 2.00 bits per heavy atom. The van der Waals surface area contributed by atoms with Gasteiger partial charge in [0, 0.05) is 17.8 Å². The number of hydrogen-bond donors (Lipinski definition) is 1. The van der Waals surface area contributed by atoms with Crippen LogP contribution in [0.5, 0.6) is 0 Å². The van der Waals surface area contributed by atoms with Crippen LogP contribution in [0.15, 0.2) is 30.5 Å². The topological polar surface area (TPSA) is 24.9 Å². The number of benzene rings is 1. The average Bonchev–Trinajstić information content (AvgIpc) is 2.29. The van der Waals surface area contributed by atoms with Crippen LogP contribution in [0.3, 0.4) is 0 Å². The van der Waals surface area contributed by atoms with E-state index < -0.39 is 0 Å². The molecule has 94 valence electrons. The monoisotopic (exact) mass is 284 g/mol. The van der Waals surface area contributed by atoms with Crippen molar-refractivity contribution in [3.63, 3.8) is 0 Å². The summed E-state index contributed by atoms with van der Waals surface area (Å²) in [5, 5.41) is 3.87. The van der Waals surface area contributed by atoms with Gasteiger partial charge in [-0.2, -0.15) is 0 Å². The van der Waals surface area contributed by atoms with Crippen LogP contribution < -0.4 is 5.32 Å². The van der Waals surface area contributed by atoms with Gasteiger partial charge in [-0.1, -0.05) is 23.2 Å². The van der Waals surface area contributed by atoms with E-state index >= 15 is 0 Å². The Morgan fingerprint density at radius 3 is 2.72 bits per heavy atom. The first kappa shape index (κ1) is 13.1. The van der Waals surface area contributed by atoms with Crippen molar-refractivity contribution < 1.29 is 4.39 Å². The van der Waals surface area contributed by atoms with Gasteiger partial charge in [0.15, 0.2) is 5.15 Å². The summed E-state index contributed by atoms with van der Waals surface area (Å²) in [7, 11) is 0. The quantitative estimate of drug-likeness (QED) is 0.843. The van der Waals surface area contributed by atoms with E-state index in [2.05, 4.69) is 10.3 Å². The van der Waals surface area contributed by atoms with Crippen LogP contribution in [0.2, 0.25) is 10.2 Å². The maximum absolute atomic E-state index is 13.1. The molecular formula is C13H11Cl2FN2. The first-order valence-electron chi connectivity index (χ1n) is 5.35. The molecule has 0 fully saturated rings. The van der Waals surface area contributed by atoms with Crippen molar-refractivity contribution in [3.05, 3.63) is 57.6 Å². The summed E-state index contributed by atoms with van der Waals surface area (Å²) in [5.41, 5.74) is 2.47. The maximum Gasteiger partial charge on any atom is 0.152 e. The highest BCUT2D eigenvalue weighted by Crippen LogP contribution is 2.21. The summed E-state index contributed by atoms with van der Waals surface area (Å²) in [4.78, 5) is 4.03. The number of halogens is 3. The van der Waals surface area contributed by atoms with Crippen LogP contribution in [-0.2, 0) is 6.54 Å². The third kappa shape index (κ3) is 3.34. The van der Waals surface area contributed by atoms with E-state index in [1.54, 1.807) is 12.3 Å². The van der Waals surface area contributed by atoms with E-state index in [0.29, 0.717) is 16.7 Å². The molecule has 0 unspecified atom stereocenters. The first-order chi connectivity index (χ1) is 8.54. The Kier molecular flexibility index (Phi) is 4.04. The SMILES string of the molecule is Cc1cnc(Cl)c(NCc2cc(F)cc(Cl)c2)c1. The second kappa shape index (κ2) is 5.55. The standard InChI is InChI=1S/C13H11Cl2FN2/c1-8-2-12(13(15)18-6-8)17-7-9-3-10(14)5-11(16)4-9/h2-6,17H,7H2,1H3. The minimum Gasteiger partial charge on any atom is -0.378 e. The molecule has 0 saturated heterocycles. The average molecular weight is 285 g/mol. The molecule has 0 spiro atoms. The Hall–Kier alpha value is -1.32. The summed E-state index contributed by atoms with van der Waals surface area (Å²) >= 11 is 11.7. The van der Waals surface area contributed by atoms with Crippen molar-refractivity contribution in [1.82, 2.24) is 4.98 Å². The Morgan fingerprint density at radius 1 is 1.22 bits per heavy atom. The van der Waals surface area contributed by atoms with Gasteiger partial charge in [-0.3, -0.25) is 0 Å². The molecular weight excluding hydrogens is 274 g/mol. The zero-order chi connectivity index (χ0) is 13.1. The van der Waals surface area contributed by atoms with E-state index in [9.17, 15) is 4.39 Å². The lowest BCUT2D eigenvalue weighted by molar-refractivity contribution is 0.626. The lowest BCUT2D eigenvalue weighted by Gasteiger charge is -2.09. The number of pyridine rings is 1. The largest absolute Gasteiger partial charge is 0.378 e. The van der Waals surface area contributed by atoms with Gasteiger partial charge >= 0.3 is 0 Å². The molecule has 0 aliphatic heterocycles. The van der Waals surface area contributed by atoms with Gasteiger partial charge in [0.25, 0.3) is 0 Å². The van der Waals surface area contributed by atoms with Crippen LogP contribution in [0.25, 0.3) is 0 Å². The molecule has 2 rings (SSSR count). The van der Waals surface area contributed by atoms with E-state index in [-0.39, 0.29) is 5.82 Å². The zero-order valence-corrected chi connectivity index (χ0v) is 11.2. The van der Waals surface area contributed by atoms with Gasteiger partial charge in [0.05, 0.1) is 5.69 Å². The summed E-state index contributed by atoms with van der Waals surface area (Å²) in [5.74, 6) is -0.354. The lowest BCUT2D eigenvalue weighted by Crippen LogP contribution is -2.01. The van der Waals surface area contributed by atoms with E-state index in [1.165, 1.54) is 12.1 Å². The van der Waals surface area contributed by atoms with Gasteiger partial charge in [-0.05, 0) is 42.3 Å². The molecule has 0 aliphatic rings. The fraction of sp³-hybridized carbons (Fsp3) is 0.154. The van der Waals surface area contributed by atoms with Gasteiger partial charge < -0.3 is 5.32 Å². The van der Waals surface area contributed by atoms with Crippen LogP contribution in [0, 0.1) is 12.7 Å². The Bertz CT molecular complexity index is 553. The second-order valence-corrected chi connectivity index (χ2v) is 4.78. The molecule has 1 aromatic heterocycles. The van der Waals surface area contributed by atoms with Crippen molar-refractivity contribution >= 4 is 28.9 Å². The molecule has 5 heteroatoms. The van der Waals surface area contributed by atoms with Crippen LogP contribution >= 0.6 is 23.2 Å². The molecule has 0 saturated carbocycles. The van der Waals surface area contributed by atoms with Crippen molar-refractivity contribution in [2.45, 2.75) is 13.5 Å². The molecule has 0 aliphatic carbocycles. The highest BCUT2D eigenvalue weighted by Gasteiger charge is 2.03. The Labute approximate surface area is 115 Å². The predicted molar refractivity (Wildman–Crippen MR) is 72.7 cm³/mol. The van der Waals surface area contributed by atoms with Crippen molar-refractivity contribution in [1.29, 1.82) is 0 Å². The van der Waals surface area contributed by atoms with Gasteiger partial charge in [-0.15, -0.1) is 0 Å². The smallest absolute Gasteiger partial charge is 0.152 e. The second-order valence-electron chi connectivity index (χ2n) is 3.98. The predicted octanol–water partition coefficient (Wildman–Crippen LogP) is 4.45. The first-order valence-corrected chi connectivity index (χ1v) is 6.11. The number of hydrogen-bond acceptors (Lipinski definition) is 2. The highest BCUT2D eigenvalue weighted by molar-refractivity contribution is 6.32. The molecule has 2 nitrogen and oxygen atoms in total. The molecule has 18 heavy (non-hydrogen) atoms. The number of anilines is 1. The molecule has 0 bridgehead atoms. The number of nitrogens with one attached hydrogen (secondary N) is 1. The summed E-state index contributed by atoms with van der Waals surface area (Å²) in [6.07, 6.45) is 1.69. The highest BCUT2D eigenvalue weighted by atomic mass is 35.5. The molecule has 1 heterocycles. The summed E-state index contributed by atoms with van der Waals surface area (Å²) < 4.78 is 13.1. The molecule has 2 aromatic rings.